The Morgan fingerprint density at radius 2 is 2.04 bits per heavy atom. The smallest absolute Gasteiger partial charge is 0.312 e. The fourth-order valence-corrected chi connectivity index (χ4v) is 2.75. The third kappa shape index (κ3) is 4.79. The molecule has 0 radical (unpaired) electrons. The van der Waals surface area contributed by atoms with Crippen molar-refractivity contribution in [2.24, 2.45) is 0 Å². The summed E-state index contributed by atoms with van der Waals surface area (Å²) in [7, 11) is 0. The van der Waals surface area contributed by atoms with Crippen molar-refractivity contribution in [2.75, 3.05) is 5.75 Å². The molecule has 0 saturated heterocycles. The number of carbonyl (C=O) groups is 1. The highest BCUT2D eigenvalue weighted by Gasteiger charge is 2.13. The number of nitro benzene ring substituents is 1. The minimum atomic E-state index is -0.494. The number of halogens is 1. The van der Waals surface area contributed by atoms with E-state index in [1.54, 1.807) is 25.1 Å². The van der Waals surface area contributed by atoms with Crippen LogP contribution in [0.25, 0.3) is 0 Å². The van der Waals surface area contributed by atoms with Gasteiger partial charge in [0, 0.05) is 22.3 Å². The second-order valence-corrected chi connectivity index (χ2v) is 5.85. The first-order valence-electron chi connectivity index (χ1n) is 6.80. The number of hydrogen-bond acceptors (Lipinski definition) is 5. The molecule has 0 bridgehead atoms. The van der Waals surface area contributed by atoms with Crippen LogP contribution >= 0.6 is 11.8 Å². The van der Waals surface area contributed by atoms with Gasteiger partial charge in [0.1, 0.15) is 11.6 Å². The Bertz CT molecular complexity index is 736. The van der Waals surface area contributed by atoms with E-state index in [0.29, 0.717) is 16.2 Å². The highest BCUT2D eigenvalue weighted by atomic mass is 32.2. The zero-order valence-corrected chi connectivity index (χ0v) is 13.1. The van der Waals surface area contributed by atoms with Crippen molar-refractivity contribution in [1.29, 1.82) is 0 Å². The lowest BCUT2D eigenvalue weighted by Gasteiger charge is -2.06. The highest BCUT2D eigenvalue weighted by molar-refractivity contribution is 7.99. The van der Waals surface area contributed by atoms with Crippen LogP contribution in [0.15, 0.2) is 47.4 Å². The standard InChI is InChI=1S/C16H14FNO4S/c1-11-10-12(6-7-14(11)18(20)21)22-16(19)8-9-23-15-5-3-2-4-13(15)17/h2-7,10H,8-9H2,1H3. The SMILES string of the molecule is Cc1cc(OC(=O)CCSc2ccccc2F)ccc1[N+](=O)[O-]. The van der Waals surface area contributed by atoms with Gasteiger partial charge in [0.15, 0.2) is 0 Å². The number of aryl methyl sites for hydroxylation is 1. The van der Waals surface area contributed by atoms with Crippen LogP contribution in [-0.2, 0) is 4.79 Å². The normalized spacial score (nSPS) is 10.3. The zero-order chi connectivity index (χ0) is 16.8. The molecule has 0 aliphatic rings. The number of rotatable bonds is 6. The van der Waals surface area contributed by atoms with Gasteiger partial charge < -0.3 is 4.74 Å². The molecule has 0 aromatic heterocycles. The summed E-state index contributed by atoms with van der Waals surface area (Å²) in [5, 5.41) is 10.7. The molecule has 0 fully saturated rings. The first kappa shape index (κ1) is 17.0. The molecule has 0 heterocycles. The Morgan fingerprint density at radius 3 is 2.70 bits per heavy atom. The van der Waals surface area contributed by atoms with Gasteiger partial charge in [-0.2, -0.15) is 0 Å². The molecule has 2 aromatic rings. The fraction of sp³-hybridized carbons (Fsp3) is 0.188. The third-order valence-electron chi connectivity index (χ3n) is 3.00. The molecule has 0 saturated carbocycles. The molecule has 0 atom stereocenters. The van der Waals surface area contributed by atoms with Crippen LogP contribution in [0, 0.1) is 22.9 Å². The van der Waals surface area contributed by atoms with Crippen LogP contribution in [0.2, 0.25) is 0 Å². The number of thioether (sulfide) groups is 1. The molecule has 0 spiro atoms. The molecule has 0 aliphatic heterocycles. The minimum absolute atomic E-state index is 0.0279. The van der Waals surface area contributed by atoms with Gasteiger partial charge in [-0.25, -0.2) is 4.39 Å². The third-order valence-corrected chi connectivity index (χ3v) is 4.05. The molecule has 2 rings (SSSR count). The van der Waals surface area contributed by atoms with E-state index in [1.165, 1.54) is 36.0 Å². The van der Waals surface area contributed by atoms with Gasteiger partial charge in [0.2, 0.25) is 0 Å². The Hall–Kier alpha value is -2.41. The molecule has 0 unspecified atom stereocenters. The van der Waals surface area contributed by atoms with Crippen LogP contribution in [0.5, 0.6) is 5.75 Å². The molecule has 0 N–H and O–H groups in total. The van der Waals surface area contributed by atoms with Crippen LogP contribution < -0.4 is 4.74 Å². The molecule has 2 aromatic carbocycles. The lowest BCUT2D eigenvalue weighted by molar-refractivity contribution is -0.385. The summed E-state index contributed by atoms with van der Waals surface area (Å²) in [6, 6.07) is 10.5. The predicted molar refractivity (Wildman–Crippen MR) is 85.2 cm³/mol. The average Bonchev–Trinajstić information content (AvgIpc) is 2.49. The number of benzene rings is 2. The summed E-state index contributed by atoms with van der Waals surface area (Å²) < 4.78 is 18.5. The molecule has 23 heavy (non-hydrogen) atoms. The number of hydrogen-bond donors (Lipinski definition) is 0. The van der Waals surface area contributed by atoms with Gasteiger partial charge in [-0.05, 0) is 31.2 Å². The second kappa shape index (κ2) is 7.73. The molecule has 0 amide bonds. The van der Waals surface area contributed by atoms with Crippen molar-refractivity contribution in [1.82, 2.24) is 0 Å². The summed E-state index contributed by atoms with van der Waals surface area (Å²) in [6.45, 7) is 1.57. The van der Waals surface area contributed by atoms with Crippen molar-refractivity contribution in [3.63, 3.8) is 0 Å². The molecule has 5 nitrogen and oxygen atoms in total. The lowest BCUT2D eigenvalue weighted by atomic mass is 10.2. The summed E-state index contributed by atoms with van der Waals surface area (Å²) in [6.07, 6.45) is 0.106. The van der Waals surface area contributed by atoms with E-state index in [-0.39, 0.29) is 23.7 Å². The number of esters is 1. The van der Waals surface area contributed by atoms with Gasteiger partial charge in [0.05, 0.1) is 11.3 Å². The van der Waals surface area contributed by atoms with E-state index in [2.05, 4.69) is 0 Å². The summed E-state index contributed by atoms with van der Waals surface area (Å²) in [5.41, 5.74) is 0.390. The average molecular weight is 335 g/mol. The van der Waals surface area contributed by atoms with E-state index in [1.807, 2.05) is 0 Å². The number of carbonyl (C=O) groups excluding carboxylic acids is 1. The summed E-state index contributed by atoms with van der Waals surface area (Å²) in [5.74, 6) is -0.154. The largest absolute Gasteiger partial charge is 0.426 e. The lowest BCUT2D eigenvalue weighted by Crippen LogP contribution is -2.09. The molecule has 120 valence electrons. The van der Waals surface area contributed by atoms with Crippen molar-refractivity contribution < 1.29 is 18.8 Å². The Balaban J connectivity index is 1.86. The van der Waals surface area contributed by atoms with Crippen LogP contribution in [0.4, 0.5) is 10.1 Å². The first-order chi connectivity index (χ1) is 11.0. The van der Waals surface area contributed by atoms with Gasteiger partial charge in [0.25, 0.3) is 5.69 Å². The van der Waals surface area contributed by atoms with Gasteiger partial charge in [-0.15, -0.1) is 11.8 Å². The maximum absolute atomic E-state index is 13.4. The van der Waals surface area contributed by atoms with E-state index >= 15 is 0 Å². The van der Waals surface area contributed by atoms with Crippen molar-refractivity contribution in [3.8, 4) is 5.75 Å². The molecule has 0 aliphatic carbocycles. The van der Waals surface area contributed by atoms with Crippen LogP contribution in [-0.4, -0.2) is 16.6 Å². The minimum Gasteiger partial charge on any atom is -0.426 e. The van der Waals surface area contributed by atoms with E-state index in [4.69, 9.17) is 4.74 Å². The fourth-order valence-electron chi connectivity index (χ4n) is 1.88. The molecule has 7 heteroatoms. The zero-order valence-electron chi connectivity index (χ0n) is 12.3. The number of nitro groups is 1. The Kier molecular flexibility index (Phi) is 5.70. The van der Waals surface area contributed by atoms with E-state index < -0.39 is 10.9 Å². The van der Waals surface area contributed by atoms with Gasteiger partial charge in [-0.3, -0.25) is 14.9 Å². The molecular weight excluding hydrogens is 321 g/mol. The number of ether oxygens (including phenoxy) is 1. The number of nitrogens with zero attached hydrogens (tertiary/aromatic N) is 1. The van der Waals surface area contributed by atoms with Crippen LogP contribution in [0.1, 0.15) is 12.0 Å². The first-order valence-corrected chi connectivity index (χ1v) is 7.79. The van der Waals surface area contributed by atoms with Gasteiger partial charge in [-0.1, -0.05) is 12.1 Å². The summed E-state index contributed by atoms with van der Waals surface area (Å²) in [4.78, 5) is 22.5. The summed E-state index contributed by atoms with van der Waals surface area (Å²) >= 11 is 1.23. The Labute approximate surface area is 136 Å². The van der Waals surface area contributed by atoms with Crippen molar-refractivity contribution in [3.05, 3.63) is 64.0 Å². The highest BCUT2D eigenvalue weighted by Crippen LogP contribution is 2.24. The van der Waals surface area contributed by atoms with Crippen molar-refractivity contribution in [2.45, 2.75) is 18.2 Å². The topological polar surface area (TPSA) is 69.4 Å². The monoisotopic (exact) mass is 335 g/mol. The van der Waals surface area contributed by atoms with Crippen molar-refractivity contribution >= 4 is 23.4 Å². The molecular formula is C16H14FNO4S. The van der Waals surface area contributed by atoms with Gasteiger partial charge >= 0.3 is 5.97 Å². The Morgan fingerprint density at radius 1 is 1.30 bits per heavy atom. The predicted octanol–water partition coefficient (Wildman–Crippen LogP) is 4.13. The maximum Gasteiger partial charge on any atom is 0.312 e. The van der Waals surface area contributed by atoms with E-state index in [9.17, 15) is 19.3 Å². The second-order valence-electron chi connectivity index (χ2n) is 4.71. The maximum atomic E-state index is 13.4. The van der Waals surface area contributed by atoms with E-state index in [0.717, 1.165) is 0 Å². The quantitative estimate of drug-likeness (QED) is 0.261. The van der Waals surface area contributed by atoms with Crippen LogP contribution in [0.3, 0.4) is 0 Å².